The van der Waals surface area contributed by atoms with Crippen LogP contribution in [0, 0.1) is 6.92 Å². The highest BCUT2D eigenvalue weighted by molar-refractivity contribution is 5.79. The van der Waals surface area contributed by atoms with E-state index in [1.54, 1.807) is 19.1 Å². The van der Waals surface area contributed by atoms with Gasteiger partial charge in [0.2, 0.25) is 11.8 Å². The zero-order valence-corrected chi connectivity index (χ0v) is 16.9. The summed E-state index contributed by atoms with van der Waals surface area (Å²) in [5, 5.41) is 2.85. The summed E-state index contributed by atoms with van der Waals surface area (Å²) in [6, 6.07) is 14.7. The third-order valence-electron chi connectivity index (χ3n) is 4.39. The van der Waals surface area contributed by atoms with Crippen LogP contribution in [0.1, 0.15) is 30.5 Å². The number of likely N-dealkylation sites (N-methyl/N-ethyl adjacent to an activating group) is 1. The maximum absolute atomic E-state index is 12.6. The maximum Gasteiger partial charge on any atom is 0.224 e. The highest BCUT2D eigenvalue weighted by atomic mass is 16.5. The molecule has 0 saturated heterocycles. The smallest absolute Gasteiger partial charge is 0.224 e. The summed E-state index contributed by atoms with van der Waals surface area (Å²) >= 11 is 0. The number of rotatable bonds is 9. The van der Waals surface area contributed by atoms with Gasteiger partial charge in [0.1, 0.15) is 18.1 Å². The molecule has 1 N–H and O–H groups in total. The molecule has 0 fully saturated rings. The molecule has 1 atom stereocenters. The van der Waals surface area contributed by atoms with Crippen molar-refractivity contribution in [1.82, 2.24) is 10.2 Å². The van der Waals surface area contributed by atoms with Gasteiger partial charge in [0.05, 0.1) is 26.1 Å². The molecule has 150 valence electrons. The SMILES string of the molecule is COc1ccc(C(CC(=O)N(C)CCOc2cccc(C)c2)NC(C)=O)cc1. The lowest BCUT2D eigenvalue weighted by Crippen LogP contribution is -2.35. The summed E-state index contributed by atoms with van der Waals surface area (Å²) in [6.07, 6.45) is 0.173. The topological polar surface area (TPSA) is 67.9 Å². The first-order valence-corrected chi connectivity index (χ1v) is 9.23. The number of nitrogens with one attached hydrogen (secondary N) is 1. The van der Waals surface area contributed by atoms with Gasteiger partial charge in [-0.1, -0.05) is 24.3 Å². The molecule has 0 spiro atoms. The summed E-state index contributed by atoms with van der Waals surface area (Å²) in [7, 11) is 3.33. The van der Waals surface area contributed by atoms with E-state index in [-0.39, 0.29) is 18.2 Å². The standard InChI is InChI=1S/C22H28N2O4/c1-16-6-5-7-20(14-16)28-13-12-24(3)22(26)15-21(23-17(2)25)18-8-10-19(27-4)11-9-18/h5-11,14,21H,12-13,15H2,1-4H3,(H,23,25). The first-order valence-electron chi connectivity index (χ1n) is 9.23. The Labute approximate surface area is 166 Å². The highest BCUT2D eigenvalue weighted by Crippen LogP contribution is 2.21. The van der Waals surface area contributed by atoms with Crippen molar-refractivity contribution in [3.8, 4) is 11.5 Å². The molecule has 2 aromatic carbocycles. The monoisotopic (exact) mass is 384 g/mol. The highest BCUT2D eigenvalue weighted by Gasteiger charge is 2.19. The van der Waals surface area contributed by atoms with E-state index in [0.717, 1.165) is 22.6 Å². The molecule has 6 heteroatoms. The lowest BCUT2D eigenvalue weighted by atomic mass is 10.0. The van der Waals surface area contributed by atoms with Gasteiger partial charge < -0.3 is 19.7 Å². The van der Waals surface area contributed by atoms with Crippen LogP contribution < -0.4 is 14.8 Å². The third kappa shape index (κ3) is 6.61. The van der Waals surface area contributed by atoms with Crippen LogP contribution in [0.5, 0.6) is 11.5 Å². The molecule has 0 bridgehead atoms. The predicted molar refractivity (Wildman–Crippen MR) is 108 cm³/mol. The van der Waals surface area contributed by atoms with Crippen LogP contribution in [0.3, 0.4) is 0 Å². The minimum Gasteiger partial charge on any atom is -0.497 e. The van der Waals surface area contributed by atoms with Crippen molar-refractivity contribution in [2.24, 2.45) is 0 Å². The van der Waals surface area contributed by atoms with Crippen LogP contribution in [0.4, 0.5) is 0 Å². The Morgan fingerprint density at radius 3 is 2.43 bits per heavy atom. The van der Waals surface area contributed by atoms with E-state index in [4.69, 9.17) is 9.47 Å². The van der Waals surface area contributed by atoms with E-state index in [1.165, 1.54) is 6.92 Å². The number of carbonyl (C=O) groups is 2. The van der Waals surface area contributed by atoms with E-state index in [0.29, 0.717) is 13.2 Å². The number of amides is 2. The van der Waals surface area contributed by atoms with E-state index < -0.39 is 6.04 Å². The third-order valence-corrected chi connectivity index (χ3v) is 4.39. The number of benzene rings is 2. The van der Waals surface area contributed by atoms with Gasteiger partial charge in [-0.25, -0.2) is 0 Å². The maximum atomic E-state index is 12.6. The molecule has 6 nitrogen and oxygen atoms in total. The Kier molecular flexibility index (Phi) is 7.87. The summed E-state index contributed by atoms with van der Waals surface area (Å²) in [4.78, 5) is 25.8. The minimum atomic E-state index is -0.393. The second kappa shape index (κ2) is 10.3. The number of aryl methyl sites for hydroxylation is 1. The first-order chi connectivity index (χ1) is 13.4. The van der Waals surface area contributed by atoms with Crippen LogP contribution in [-0.2, 0) is 9.59 Å². The average molecular weight is 384 g/mol. The van der Waals surface area contributed by atoms with Gasteiger partial charge in [0, 0.05) is 14.0 Å². The number of hydrogen-bond donors (Lipinski definition) is 1. The lowest BCUT2D eigenvalue weighted by molar-refractivity contribution is -0.131. The van der Waals surface area contributed by atoms with Gasteiger partial charge in [0.25, 0.3) is 0 Å². The zero-order chi connectivity index (χ0) is 20.5. The Bertz CT molecular complexity index is 789. The van der Waals surface area contributed by atoms with Crippen LogP contribution in [0.25, 0.3) is 0 Å². The van der Waals surface area contributed by atoms with E-state index in [9.17, 15) is 9.59 Å². The Morgan fingerprint density at radius 2 is 1.82 bits per heavy atom. The number of hydrogen-bond acceptors (Lipinski definition) is 4. The molecule has 2 rings (SSSR count). The molecular weight excluding hydrogens is 356 g/mol. The van der Waals surface area contributed by atoms with Gasteiger partial charge in [-0.2, -0.15) is 0 Å². The Hall–Kier alpha value is -3.02. The van der Waals surface area contributed by atoms with Crippen molar-refractivity contribution < 1.29 is 19.1 Å². The van der Waals surface area contributed by atoms with Crippen LogP contribution in [-0.4, -0.2) is 44.0 Å². The fourth-order valence-corrected chi connectivity index (χ4v) is 2.79. The second-order valence-electron chi connectivity index (χ2n) is 6.71. The van der Waals surface area contributed by atoms with Gasteiger partial charge in [0.15, 0.2) is 0 Å². The molecule has 0 aromatic heterocycles. The van der Waals surface area contributed by atoms with Gasteiger partial charge in [-0.05, 0) is 42.3 Å². The van der Waals surface area contributed by atoms with E-state index >= 15 is 0 Å². The molecule has 0 aliphatic heterocycles. The normalized spacial score (nSPS) is 11.4. The molecule has 0 aliphatic carbocycles. The van der Waals surface area contributed by atoms with Crippen LogP contribution >= 0.6 is 0 Å². The molecular formula is C22H28N2O4. The molecule has 0 heterocycles. The van der Waals surface area contributed by atoms with Gasteiger partial charge in [-0.3, -0.25) is 9.59 Å². The van der Waals surface area contributed by atoms with Crippen molar-refractivity contribution in [1.29, 1.82) is 0 Å². The number of nitrogens with zero attached hydrogens (tertiary/aromatic N) is 1. The molecule has 2 amide bonds. The quantitative estimate of drug-likeness (QED) is 0.721. The summed E-state index contributed by atoms with van der Waals surface area (Å²) in [5.74, 6) is 1.26. The second-order valence-corrected chi connectivity index (χ2v) is 6.71. The summed E-state index contributed by atoms with van der Waals surface area (Å²) < 4.78 is 10.9. The molecule has 0 aliphatic rings. The first kappa shape index (κ1) is 21.3. The Balaban J connectivity index is 1.92. The summed E-state index contributed by atoms with van der Waals surface area (Å²) in [6.45, 7) is 4.31. The fourth-order valence-electron chi connectivity index (χ4n) is 2.79. The molecule has 2 aromatic rings. The molecule has 0 saturated carbocycles. The lowest BCUT2D eigenvalue weighted by Gasteiger charge is -2.23. The van der Waals surface area contributed by atoms with E-state index in [1.807, 2.05) is 55.5 Å². The van der Waals surface area contributed by atoms with Crippen molar-refractivity contribution in [3.05, 3.63) is 59.7 Å². The number of carbonyl (C=O) groups excluding carboxylic acids is 2. The van der Waals surface area contributed by atoms with Gasteiger partial charge >= 0.3 is 0 Å². The van der Waals surface area contributed by atoms with E-state index in [2.05, 4.69) is 5.32 Å². The number of ether oxygens (including phenoxy) is 2. The average Bonchev–Trinajstić information content (AvgIpc) is 2.67. The number of methoxy groups -OCH3 is 1. The van der Waals surface area contributed by atoms with Crippen LogP contribution in [0.15, 0.2) is 48.5 Å². The van der Waals surface area contributed by atoms with Gasteiger partial charge in [-0.15, -0.1) is 0 Å². The molecule has 1 unspecified atom stereocenters. The van der Waals surface area contributed by atoms with Crippen molar-refractivity contribution in [2.75, 3.05) is 27.3 Å². The van der Waals surface area contributed by atoms with Crippen LogP contribution in [0.2, 0.25) is 0 Å². The zero-order valence-electron chi connectivity index (χ0n) is 16.9. The predicted octanol–water partition coefficient (Wildman–Crippen LogP) is 3.11. The Morgan fingerprint density at radius 1 is 1.11 bits per heavy atom. The largest absolute Gasteiger partial charge is 0.497 e. The minimum absolute atomic E-state index is 0.0672. The van der Waals surface area contributed by atoms with Crippen molar-refractivity contribution in [3.63, 3.8) is 0 Å². The summed E-state index contributed by atoms with van der Waals surface area (Å²) in [5.41, 5.74) is 1.98. The van der Waals surface area contributed by atoms with Crippen molar-refractivity contribution >= 4 is 11.8 Å². The fraction of sp³-hybridized carbons (Fsp3) is 0.364. The molecule has 0 radical (unpaired) electrons. The van der Waals surface area contributed by atoms with Crippen molar-refractivity contribution in [2.45, 2.75) is 26.3 Å². The molecule has 28 heavy (non-hydrogen) atoms.